The van der Waals surface area contributed by atoms with Crippen molar-refractivity contribution in [1.29, 1.82) is 0 Å². The number of unbranched alkanes of at least 4 members (excludes halogenated alkanes) is 3. The fraction of sp³-hybridized carbons (Fsp3) is 0.400. The predicted molar refractivity (Wildman–Crippen MR) is 72.1 cm³/mol. The zero-order valence-corrected chi connectivity index (χ0v) is 11.2. The first-order valence-corrected chi connectivity index (χ1v) is 6.23. The molecule has 0 aliphatic carbocycles. The number of hydrogen-bond acceptors (Lipinski definition) is 4. The number of carbonyl (C=O) groups is 1. The lowest BCUT2D eigenvalue weighted by Crippen LogP contribution is -2.02. The molecule has 0 unspecified atom stereocenters. The lowest BCUT2D eigenvalue weighted by atomic mass is 10.1. The van der Waals surface area contributed by atoms with Crippen molar-refractivity contribution in [3.8, 4) is 23.3 Å². The van der Waals surface area contributed by atoms with Crippen molar-refractivity contribution in [1.82, 2.24) is 0 Å². The quantitative estimate of drug-likeness (QED) is 0.497. The zero-order chi connectivity index (χ0) is 14.3. The largest absolute Gasteiger partial charge is 0.507 e. The van der Waals surface area contributed by atoms with E-state index in [2.05, 4.69) is 23.5 Å². The summed E-state index contributed by atoms with van der Waals surface area (Å²) in [7, 11) is 1.18. The first kappa shape index (κ1) is 14.9. The molecule has 0 bridgehead atoms. The lowest BCUT2D eigenvalue weighted by Gasteiger charge is -2.05. The molecule has 0 fully saturated rings. The standard InChI is InChI=1S/C15H18O4/c1-3-4-5-6-7-8-11-9-12(16)14(13(17)10-11)15(18)19-2/h9-10,16-17H,3-6H2,1-2H3. The maximum Gasteiger partial charge on any atom is 0.345 e. The highest BCUT2D eigenvalue weighted by molar-refractivity contribution is 5.95. The normalized spacial score (nSPS) is 9.58. The SMILES string of the molecule is CCCCCC#Cc1cc(O)c(C(=O)OC)c(O)c1. The van der Waals surface area contributed by atoms with Gasteiger partial charge in [0.25, 0.3) is 0 Å². The van der Waals surface area contributed by atoms with Crippen LogP contribution < -0.4 is 0 Å². The summed E-state index contributed by atoms with van der Waals surface area (Å²) in [5, 5.41) is 19.4. The molecule has 0 spiro atoms. The highest BCUT2D eigenvalue weighted by Crippen LogP contribution is 2.29. The van der Waals surface area contributed by atoms with Gasteiger partial charge in [-0.3, -0.25) is 0 Å². The van der Waals surface area contributed by atoms with Gasteiger partial charge in [0.2, 0.25) is 0 Å². The second-order valence-electron chi connectivity index (χ2n) is 4.14. The Morgan fingerprint density at radius 1 is 1.26 bits per heavy atom. The van der Waals surface area contributed by atoms with Crippen LogP contribution in [-0.2, 0) is 4.74 Å². The molecule has 2 N–H and O–H groups in total. The number of rotatable bonds is 4. The van der Waals surface area contributed by atoms with Crippen molar-refractivity contribution in [3.05, 3.63) is 23.3 Å². The van der Waals surface area contributed by atoms with E-state index in [4.69, 9.17) is 0 Å². The number of phenols is 2. The average molecular weight is 262 g/mol. The number of hydrogen-bond donors (Lipinski definition) is 2. The van der Waals surface area contributed by atoms with Crippen LogP contribution in [0.15, 0.2) is 12.1 Å². The molecular weight excluding hydrogens is 244 g/mol. The predicted octanol–water partition coefficient (Wildman–Crippen LogP) is 2.82. The highest BCUT2D eigenvalue weighted by atomic mass is 16.5. The van der Waals surface area contributed by atoms with Crippen molar-refractivity contribution in [2.45, 2.75) is 32.6 Å². The maximum atomic E-state index is 11.3. The molecule has 0 aliphatic rings. The average Bonchev–Trinajstić information content (AvgIpc) is 2.37. The third-order valence-electron chi connectivity index (χ3n) is 2.62. The fourth-order valence-electron chi connectivity index (χ4n) is 1.62. The Balaban J connectivity index is 2.86. The topological polar surface area (TPSA) is 66.8 Å². The number of benzene rings is 1. The number of phenolic OH excluding ortho intramolecular Hbond substituents is 2. The molecule has 0 amide bonds. The minimum Gasteiger partial charge on any atom is -0.507 e. The van der Waals surface area contributed by atoms with E-state index in [1.807, 2.05) is 0 Å². The highest BCUT2D eigenvalue weighted by Gasteiger charge is 2.17. The second kappa shape index (κ2) is 7.32. The Morgan fingerprint density at radius 2 is 1.89 bits per heavy atom. The van der Waals surface area contributed by atoms with Crippen LogP contribution in [0.3, 0.4) is 0 Å². The van der Waals surface area contributed by atoms with Gasteiger partial charge in [-0.05, 0) is 18.6 Å². The van der Waals surface area contributed by atoms with Crippen LogP contribution in [-0.4, -0.2) is 23.3 Å². The molecule has 0 aromatic heterocycles. The van der Waals surface area contributed by atoms with Gasteiger partial charge in [0, 0.05) is 12.0 Å². The molecule has 0 saturated carbocycles. The van der Waals surface area contributed by atoms with E-state index in [0.29, 0.717) is 5.56 Å². The molecule has 1 aromatic rings. The maximum absolute atomic E-state index is 11.3. The summed E-state index contributed by atoms with van der Waals surface area (Å²) in [4.78, 5) is 11.3. The minimum absolute atomic E-state index is 0.237. The molecule has 1 rings (SSSR count). The Bertz CT molecular complexity index is 486. The molecule has 0 aliphatic heterocycles. The van der Waals surface area contributed by atoms with Crippen molar-refractivity contribution in [3.63, 3.8) is 0 Å². The molecule has 19 heavy (non-hydrogen) atoms. The molecule has 0 atom stereocenters. The summed E-state index contributed by atoms with van der Waals surface area (Å²) < 4.78 is 4.47. The van der Waals surface area contributed by atoms with Crippen molar-refractivity contribution >= 4 is 5.97 Å². The number of carbonyl (C=O) groups excluding carboxylic acids is 1. The summed E-state index contributed by atoms with van der Waals surface area (Å²) in [5.74, 6) is 4.37. The van der Waals surface area contributed by atoms with Gasteiger partial charge in [0.1, 0.15) is 17.1 Å². The summed E-state index contributed by atoms with van der Waals surface area (Å²) in [5.41, 5.74) is 0.234. The van der Waals surface area contributed by atoms with E-state index < -0.39 is 5.97 Å². The van der Waals surface area contributed by atoms with Crippen molar-refractivity contribution < 1.29 is 19.7 Å². The van der Waals surface area contributed by atoms with Crippen LogP contribution >= 0.6 is 0 Å². The van der Waals surface area contributed by atoms with Crippen LogP contribution in [0.2, 0.25) is 0 Å². The molecule has 0 saturated heterocycles. The molecule has 4 nitrogen and oxygen atoms in total. The Labute approximate surface area is 113 Å². The Hall–Kier alpha value is -2.15. The molecule has 0 radical (unpaired) electrons. The molecule has 4 heteroatoms. The third kappa shape index (κ3) is 4.22. The minimum atomic E-state index is -0.780. The number of aromatic hydroxyl groups is 2. The summed E-state index contributed by atoms with van der Waals surface area (Å²) in [6, 6.07) is 2.69. The zero-order valence-electron chi connectivity index (χ0n) is 11.2. The lowest BCUT2D eigenvalue weighted by molar-refractivity contribution is 0.0594. The Kier molecular flexibility index (Phi) is 5.74. The van der Waals surface area contributed by atoms with Crippen LogP contribution in [0, 0.1) is 11.8 Å². The van der Waals surface area contributed by atoms with Crippen LogP contribution in [0.5, 0.6) is 11.5 Å². The van der Waals surface area contributed by atoms with Crippen LogP contribution in [0.4, 0.5) is 0 Å². The number of ether oxygens (including phenoxy) is 1. The molecular formula is C15H18O4. The van der Waals surface area contributed by atoms with E-state index in [-0.39, 0.29) is 17.1 Å². The summed E-state index contributed by atoms with van der Waals surface area (Å²) in [6.45, 7) is 2.12. The van der Waals surface area contributed by atoms with Gasteiger partial charge in [0.05, 0.1) is 7.11 Å². The first-order valence-electron chi connectivity index (χ1n) is 6.23. The van der Waals surface area contributed by atoms with E-state index in [9.17, 15) is 15.0 Å². The van der Waals surface area contributed by atoms with E-state index in [0.717, 1.165) is 25.7 Å². The fourth-order valence-corrected chi connectivity index (χ4v) is 1.62. The first-order chi connectivity index (χ1) is 9.10. The number of esters is 1. The number of methoxy groups -OCH3 is 1. The van der Waals surface area contributed by atoms with Crippen LogP contribution in [0.25, 0.3) is 0 Å². The van der Waals surface area contributed by atoms with E-state index in [1.165, 1.54) is 19.2 Å². The van der Waals surface area contributed by atoms with Gasteiger partial charge >= 0.3 is 5.97 Å². The smallest absolute Gasteiger partial charge is 0.345 e. The van der Waals surface area contributed by atoms with Gasteiger partial charge in [-0.1, -0.05) is 31.6 Å². The molecule has 1 aromatic carbocycles. The van der Waals surface area contributed by atoms with E-state index in [1.54, 1.807) is 0 Å². The van der Waals surface area contributed by atoms with Gasteiger partial charge < -0.3 is 14.9 Å². The third-order valence-corrected chi connectivity index (χ3v) is 2.62. The Morgan fingerprint density at radius 3 is 2.42 bits per heavy atom. The van der Waals surface area contributed by atoms with Crippen molar-refractivity contribution in [2.24, 2.45) is 0 Å². The molecule has 0 heterocycles. The van der Waals surface area contributed by atoms with Gasteiger partial charge in [-0.15, -0.1) is 0 Å². The van der Waals surface area contributed by atoms with Gasteiger partial charge in [0.15, 0.2) is 0 Å². The van der Waals surface area contributed by atoms with Crippen LogP contribution in [0.1, 0.15) is 48.5 Å². The summed E-state index contributed by atoms with van der Waals surface area (Å²) >= 11 is 0. The monoisotopic (exact) mass is 262 g/mol. The molecule has 102 valence electrons. The van der Waals surface area contributed by atoms with Gasteiger partial charge in [-0.25, -0.2) is 4.79 Å². The van der Waals surface area contributed by atoms with Crippen molar-refractivity contribution in [2.75, 3.05) is 7.11 Å². The van der Waals surface area contributed by atoms with Gasteiger partial charge in [-0.2, -0.15) is 0 Å². The second-order valence-corrected chi connectivity index (χ2v) is 4.14. The summed E-state index contributed by atoms with van der Waals surface area (Å²) in [6.07, 6.45) is 4.07. The van der Waals surface area contributed by atoms with E-state index >= 15 is 0 Å².